The minimum absolute atomic E-state index is 0.0226. The van der Waals surface area contributed by atoms with E-state index in [1.165, 1.54) is 0 Å². The molecule has 0 unspecified atom stereocenters. The second-order valence-electron chi connectivity index (χ2n) is 5.37. The van der Waals surface area contributed by atoms with Gasteiger partial charge in [-0.3, -0.25) is 4.79 Å². The third kappa shape index (κ3) is 2.32. The number of rotatable bonds is 2. The maximum Gasteiger partial charge on any atom is 0.291 e. The molecule has 110 valence electrons. The Kier molecular flexibility index (Phi) is 3.24. The summed E-state index contributed by atoms with van der Waals surface area (Å²) in [5.74, 6) is 0. The molecule has 0 spiro atoms. The third-order valence-electron chi connectivity index (χ3n) is 3.90. The van der Waals surface area contributed by atoms with Crippen molar-refractivity contribution >= 4 is 10.9 Å². The highest BCUT2D eigenvalue weighted by Crippen LogP contribution is 2.15. The molecule has 0 bridgehead atoms. The van der Waals surface area contributed by atoms with Crippen LogP contribution in [-0.2, 0) is 0 Å². The Labute approximate surface area is 133 Å². The van der Waals surface area contributed by atoms with E-state index in [-0.39, 0.29) is 5.43 Å². The zero-order chi connectivity index (χ0) is 15.6. The molecule has 0 aliphatic heterocycles. The summed E-state index contributed by atoms with van der Waals surface area (Å²) in [4.78, 5) is 13.1. The molecule has 3 nitrogen and oxygen atoms in total. The van der Waals surface area contributed by atoms with E-state index in [4.69, 9.17) is 0 Å². The van der Waals surface area contributed by atoms with E-state index in [0.29, 0.717) is 11.1 Å². The summed E-state index contributed by atoms with van der Waals surface area (Å²) in [5, 5.41) is 4.06. The summed E-state index contributed by atoms with van der Waals surface area (Å²) in [6.45, 7) is 0. The van der Waals surface area contributed by atoms with Crippen molar-refractivity contribution in [2.45, 2.75) is 0 Å². The van der Waals surface area contributed by atoms with Crippen molar-refractivity contribution in [1.29, 1.82) is 0 Å². The molecule has 0 atom stereocenters. The van der Waals surface area contributed by atoms with Crippen LogP contribution in [0.15, 0.2) is 89.7 Å². The average molecular weight is 299 g/mol. The van der Waals surface area contributed by atoms with Crippen molar-refractivity contribution < 1.29 is 4.68 Å². The molecule has 1 N–H and O–H groups in total. The monoisotopic (exact) mass is 299 g/mol. The molecular weight excluding hydrogens is 284 g/mol. The van der Waals surface area contributed by atoms with Crippen LogP contribution >= 0.6 is 0 Å². The molecule has 4 rings (SSSR count). The van der Waals surface area contributed by atoms with Crippen molar-refractivity contribution in [3.8, 4) is 16.9 Å². The van der Waals surface area contributed by atoms with Crippen LogP contribution in [0, 0.1) is 0 Å². The van der Waals surface area contributed by atoms with Crippen LogP contribution in [0.4, 0.5) is 0 Å². The summed E-state index contributed by atoms with van der Waals surface area (Å²) in [6, 6.07) is 27.2. The van der Waals surface area contributed by atoms with Crippen molar-refractivity contribution in [1.82, 2.24) is 5.10 Å². The largest absolute Gasteiger partial charge is 0.291 e. The standard InChI is InChI=1S/C20H14N2O/c23-20-17-13-7-8-14-18(17)21-22(16-11-5-2-6-12-16)19(20)15-9-3-1-4-10-15/h1-14H/p+1. The fourth-order valence-corrected chi connectivity index (χ4v) is 2.81. The molecule has 0 saturated heterocycles. The number of nitrogens with one attached hydrogen (secondary N) is 1. The lowest BCUT2D eigenvalue weighted by molar-refractivity contribution is -0.646. The van der Waals surface area contributed by atoms with Gasteiger partial charge in [-0.2, -0.15) is 5.10 Å². The van der Waals surface area contributed by atoms with Gasteiger partial charge in [0.2, 0.25) is 5.69 Å². The normalized spacial score (nSPS) is 10.8. The number of nitrogens with zero attached hydrogens (tertiary/aromatic N) is 1. The summed E-state index contributed by atoms with van der Waals surface area (Å²) < 4.78 is 1.86. The molecule has 23 heavy (non-hydrogen) atoms. The molecule has 4 aromatic rings. The van der Waals surface area contributed by atoms with Crippen molar-refractivity contribution in [2.75, 3.05) is 0 Å². The molecule has 0 radical (unpaired) electrons. The first-order chi connectivity index (χ1) is 11.3. The van der Waals surface area contributed by atoms with Gasteiger partial charge in [0, 0.05) is 12.1 Å². The maximum absolute atomic E-state index is 13.1. The molecule has 1 aromatic heterocycles. The smallest absolute Gasteiger partial charge is 0.282 e. The number of fused-ring (bicyclic) bond motifs is 1. The van der Waals surface area contributed by atoms with Gasteiger partial charge in [-0.15, -0.1) is 0 Å². The second-order valence-corrected chi connectivity index (χ2v) is 5.37. The van der Waals surface area contributed by atoms with Gasteiger partial charge in [-0.1, -0.05) is 53.2 Å². The highest BCUT2D eigenvalue weighted by Gasteiger charge is 2.23. The van der Waals surface area contributed by atoms with Gasteiger partial charge in [0.25, 0.3) is 11.1 Å². The SMILES string of the molecule is O=c1c(-c2ccccc2)[n+](-c2ccccc2)[nH]c2ccccc12. The van der Waals surface area contributed by atoms with Gasteiger partial charge in [0.05, 0.1) is 10.9 Å². The Morgan fingerprint density at radius 3 is 2.04 bits per heavy atom. The van der Waals surface area contributed by atoms with Crippen LogP contribution in [0.3, 0.4) is 0 Å². The van der Waals surface area contributed by atoms with Crippen LogP contribution in [0.2, 0.25) is 0 Å². The summed E-state index contributed by atoms with van der Waals surface area (Å²) >= 11 is 0. The Balaban J connectivity index is 2.14. The Morgan fingerprint density at radius 2 is 1.30 bits per heavy atom. The number of para-hydroxylation sites is 2. The number of benzene rings is 3. The maximum atomic E-state index is 13.1. The molecule has 1 heterocycles. The topological polar surface area (TPSA) is 36.7 Å². The number of hydrogen-bond acceptors (Lipinski definition) is 1. The third-order valence-corrected chi connectivity index (χ3v) is 3.90. The van der Waals surface area contributed by atoms with E-state index in [9.17, 15) is 4.79 Å². The number of hydrogen-bond donors (Lipinski definition) is 1. The summed E-state index contributed by atoms with van der Waals surface area (Å²) in [7, 11) is 0. The zero-order valence-corrected chi connectivity index (χ0v) is 12.4. The van der Waals surface area contributed by atoms with Crippen LogP contribution < -0.4 is 10.1 Å². The van der Waals surface area contributed by atoms with Crippen molar-refractivity contribution in [3.63, 3.8) is 0 Å². The van der Waals surface area contributed by atoms with E-state index in [1.807, 2.05) is 89.6 Å². The average Bonchev–Trinajstić information content (AvgIpc) is 2.63. The molecule has 3 heteroatoms. The van der Waals surface area contributed by atoms with E-state index < -0.39 is 0 Å². The molecule has 0 aliphatic carbocycles. The molecule has 3 aromatic carbocycles. The van der Waals surface area contributed by atoms with Gasteiger partial charge in [0.15, 0.2) is 0 Å². The molecular formula is C20H15N2O+. The Bertz CT molecular complexity index is 1020. The van der Waals surface area contributed by atoms with Crippen LogP contribution in [0.5, 0.6) is 0 Å². The Hall–Kier alpha value is -3.20. The summed E-state index contributed by atoms with van der Waals surface area (Å²) in [6.07, 6.45) is 0. The van der Waals surface area contributed by atoms with Gasteiger partial charge in [-0.05, 0) is 24.3 Å². The van der Waals surface area contributed by atoms with Crippen LogP contribution in [0.25, 0.3) is 27.8 Å². The van der Waals surface area contributed by atoms with Gasteiger partial charge in [-0.25, -0.2) is 0 Å². The minimum atomic E-state index is 0.0226. The quantitative estimate of drug-likeness (QED) is 0.565. The number of H-pyrrole nitrogens is 1. The lowest BCUT2D eigenvalue weighted by Gasteiger charge is -2.05. The minimum Gasteiger partial charge on any atom is -0.282 e. The first-order valence-corrected chi connectivity index (χ1v) is 7.52. The second kappa shape index (κ2) is 5.54. The predicted octanol–water partition coefficient (Wildman–Crippen LogP) is 3.47. The van der Waals surface area contributed by atoms with Crippen molar-refractivity contribution in [3.05, 3.63) is 95.2 Å². The van der Waals surface area contributed by atoms with Crippen LogP contribution in [-0.4, -0.2) is 5.10 Å². The lowest BCUT2D eigenvalue weighted by Crippen LogP contribution is -2.42. The fourth-order valence-electron chi connectivity index (χ4n) is 2.81. The molecule has 0 fully saturated rings. The van der Waals surface area contributed by atoms with Gasteiger partial charge >= 0.3 is 0 Å². The highest BCUT2D eigenvalue weighted by atomic mass is 16.1. The highest BCUT2D eigenvalue weighted by molar-refractivity contribution is 5.80. The van der Waals surface area contributed by atoms with Crippen LogP contribution in [0.1, 0.15) is 0 Å². The fraction of sp³-hybridized carbons (Fsp3) is 0. The van der Waals surface area contributed by atoms with Crippen molar-refractivity contribution in [2.24, 2.45) is 0 Å². The van der Waals surface area contributed by atoms with E-state index in [2.05, 4.69) is 5.10 Å². The molecule has 0 aliphatic rings. The molecule has 0 amide bonds. The Morgan fingerprint density at radius 1 is 0.696 bits per heavy atom. The number of aromatic nitrogens is 2. The predicted molar refractivity (Wildman–Crippen MR) is 91.5 cm³/mol. The lowest BCUT2D eigenvalue weighted by atomic mass is 10.1. The zero-order valence-electron chi connectivity index (χ0n) is 12.4. The van der Waals surface area contributed by atoms with E-state index in [0.717, 1.165) is 16.8 Å². The van der Waals surface area contributed by atoms with Gasteiger partial charge < -0.3 is 0 Å². The number of aromatic amines is 1. The first kappa shape index (κ1) is 13.5. The summed E-state index contributed by atoms with van der Waals surface area (Å²) in [5.41, 5.74) is 3.29. The van der Waals surface area contributed by atoms with Gasteiger partial charge in [0.1, 0.15) is 5.52 Å². The first-order valence-electron chi connectivity index (χ1n) is 7.52. The van der Waals surface area contributed by atoms with E-state index in [1.54, 1.807) is 0 Å². The van der Waals surface area contributed by atoms with E-state index >= 15 is 0 Å². The molecule has 0 saturated carbocycles.